The van der Waals surface area contributed by atoms with Gasteiger partial charge in [-0.1, -0.05) is 13.8 Å². The van der Waals surface area contributed by atoms with Crippen molar-refractivity contribution in [2.75, 3.05) is 19.6 Å². The average Bonchev–Trinajstić information content (AvgIpc) is 2.61. The Morgan fingerprint density at radius 3 is 2.23 bits per heavy atom. The molecule has 0 atom stereocenters. The van der Waals surface area contributed by atoms with Crippen LogP contribution < -0.4 is 0 Å². The Morgan fingerprint density at radius 1 is 1.15 bits per heavy atom. The second-order valence-electron chi connectivity index (χ2n) is 5.58. The molecular formula is C12H23N. The molecule has 0 aromatic heterocycles. The summed E-state index contributed by atoms with van der Waals surface area (Å²) in [5, 5.41) is 0. The first kappa shape index (κ1) is 9.51. The molecule has 1 saturated heterocycles. The van der Waals surface area contributed by atoms with Gasteiger partial charge in [-0.05, 0) is 56.5 Å². The zero-order valence-electron chi connectivity index (χ0n) is 9.18. The first-order valence-electron chi connectivity index (χ1n) is 5.93. The van der Waals surface area contributed by atoms with Crippen LogP contribution in [0.2, 0.25) is 0 Å². The first-order valence-corrected chi connectivity index (χ1v) is 5.93. The summed E-state index contributed by atoms with van der Waals surface area (Å²) < 4.78 is 0. The summed E-state index contributed by atoms with van der Waals surface area (Å²) in [6.45, 7) is 8.89. The first-order chi connectivity index (χ1) is 6.20. The van der Waals surface area contributed by atoms with Crippen LogP contribution in [0.15, 0.2) is 0 Å². The minimum absolute atomic E-state index is 0.762. The lowest BCUT2D eigenvalue weighted by Crippen LogP contribution is -2.28. The molecule has 0 aromatic carbocycles. The molecule has 76 valence electrons. The van der Waals surface area contributed by atoms with E-state index in [1.807, 2.05) is 0 Å². The highest BCUT2D eigenvalue weighted by atomic mass is 15.1. The van der Waals surface area contributed by atoms with E-state index in [0.29, 0.717) is 0 Å². The van der Waals surface area contributed by atoms with Gasteiger partial charge in [0.15, 0.2) is 0 Å². The van der Waals surface area contributed by atoms with Gasteiger partial charge in [0.05, 0.1) is 0 Å². The van der Waals surface area contributed by atoms with Gasteiger partial charge in [0.1, 0.15) is 0 Å². The lowest BCUT2D eigenvalue weighted by molar-refractivity contribution is 0.237. The van der Waals surface area contributed by atoms with E-state index >= 15 is 0 Å². The molecular weight excluding hydrogens is 158 g/mol. The molecule has 0 N–H and O–H groups in total. The van der Waals surface area contributed by atoms with E-state index in [1.165, 1.54) is 51.7 Å². The fourth-order valence-corrected chi connectivity index (χ4v) is 2.88. The van der Waals surface area contributed by atoms with E-state index < -0.39 is 0 Å². The molecule has 0 bridgehead atoms. The third-order valence-corrected chi connectivity index (χ3v) is 3.56. The monoisotopic (exact) mass is 181 g/mol. The lowest BCUT2D eigenvalue weighted by atomic mass is 9.94. The normalized spacial score (nSPS) is 27.0. The van der Waals surface area contributed by atoms with E-state index in [4.69, 9.17) is 0 Å². The predicted octanol–water partition coefficient (Wildman–Crippen LogP) is 2.91. The van der Waals surface area contributed by atoms with Crippen molar-refractivity contribution < 1.29 is 0 Å². The van der Waals surface area contributed by atoms with E-state index in [9.17, 15) is 0 Å². The number of hydrogen-bond donors (Lipinski definition) is 0. The van der Waals surface area contributed by atoms with Crippen molar-refractivity contribution in [1.29, 1.82) is 0 Å². The molecule has 1 aliphatic carbocycles. The Kier molecular flexibility index (Phi) is 2.64. The van der Waals surface area contributed by atoms with Gasteiger partial charge in [0, 0.05) is 6.54 Å². The van der Waals surface area contributed by atoms with Crippen molar-refractivity contribution in [3.8, 4) is 0 Å². The second-order valence-corrected chi connectivity index (χ2v) is 5.58. The van der Waals surface area contributed by atoms with Crippen LogP contribution in [0.3, 0.4) is 0 Å². The number of rotatable bonds is 4. The summed E-state index contributed by atoms with van der Waals surface area (Å²) in [7, 11) is 0. The van der Waals surface area contributed by atoms with Crippen LogP contribution in [0.25, 0.3) is 0 Å². The molecule has 1 heterocycles. The quantitative estimate of drug-likeness (QED) is 0.644. The van der Waals surface area contributed by atoms with E-state index in [0.717, 1.165) is 11.3 Å². The Morgan fingerprint density at radius 2 is 1.77 bits per heavy atom. The summed E-state index contributed by atoms with van der Waals surface area (Å²) in [6.07, 6.45) is 7.35. The zero-order valence-corrected chi connectivity index (χ0v) is 9.18. The summed E-state index contributed by atoms with van der Waals surface area (Å²) in [6, 6.07) is 0. The van der Waals surface area contributed by atoms with E-state index in [2.05, 4.69) is 18.7 Å². The van der Waals surface area contributed by atoms with Crippen LogP contribution in [0.4, 0.5) is 0 Å². The Labute approximate surface area is 82.5 Å². The van der Waals surface area contributed by atoms with Crippen molar-refractivity contribution in [2.45, 2.75) is 46.0 Å². The molecule has 2 aliphatic rings. The van der Waals surface area contributed by atoms with Crippen LogP contribution in [0.1, 0.15) is 46.0 Å². The fourth-order valence-electron chi connectivity index (χ4n) is 2.88. The third-order valence-electron chi connectivity index (χ3n) is 3.56. The van der Waals surface area contributed by atoms with Crippen molar-refractivity contribution in [1.82, 2.24) is 4.90 Å². The smallest absolute Gasteiger partial charge is 0.00381 e. The third kappa shape index (κ3) is 2.46. The van der Waals surface area contributed by atoms with Gasteiger partial charge in [-0.3, -0.25) is 0 Å². The topological polar surface area (TPSA) is 3.24 Å². The van der Waals surface area contributed by atoms with Gasteiger partial charge in [-0.2, -0.15) is 0 Å². The van der Waals surface area contributed by atoms with Gasteiger partial charge in [-0.25, -0.2) is 0 Å². The Bertz CT molecular complexity index is 164. The number of likely N-dealkylation sites (tertiary alicyclic amines) is 1. The molecule has 1 aliphatic heterocycles. The predicted molar refractivity (Wildman–Crippen MR) is 56.8 cm³/mol. The highest BCUT2D eigenvalue weighted by Crippen LogP contribution is 2.51. The number of hydrogen-bond acceptors (Lipinski definition) is 1. The van der Waals surface area contributed by atoms with Crippen LogP contribution in [0.5, 0.6) is 0 Å². The van der Waals surface area contributed by atoms with Crippen molar-refractivity contribution in [3.05, 3.63) is 0 Å². The summed E-state index contributed by atoms with van der Waals surface area (Å²) in [4.78, 5) is 2.69. The van der Waals surface area contributed by atoms with Gasteiger partial charge in [0.2, 0.25) is 0 Å². The van der Waals surface area contributed by atoms with Gasteiger partial charge >= 0.3 is 0 Å². The Hall–Kier alpha value is -0.0400. The molecule has 13 heavy (non-hydrogen) atoms. The van der Waals surface area contributed by atoms with Crippen molar-refractivity contribution >= 4 is 0 Å². The standard InChI is InChI=1S/C12H23N/c1-11(2)9-12(5-6-12)10-13-7-3-4-8-13/h11H,3-10H2,1-2H3. The fraction of sp³-hybridized carbons (Fsp3) is 1.00. The summed E-state index contributed by atoms with van der Waals surface area (Å²) >= 11 is 0. The lowest BCUT2D eigenvalue weighted by Gasteiger charge is -2.24. The highest BCUT2D eigenvalue weighted by molar-refractivity contribution is 4.96. The average molecular weight is 181 g/mol. The minimum Gasteiger partial charge on any atom is -0.303 e. The SMILES string of the molecule is CC(C)CC1(CN2CCCC2)CC1. The molecule has 1 saturated carbocycles. The second kappa shape index (κ2) is 3.61. The van der Waals surface area contributed by atoms with Crippen LogP contribution in [-0.2, 0) is 0 Å². The molecule has 2 fully saturated rings. The number of nitrogens with zero attached hydrogens (tertiary/aromatic N) is 1. The molecule has 1 nitrogen and oxygen atoms in total. The van der Waals surface area contributed by atoms with Crippen LogP contribution in [0, 0.1) is 11.3 Å². The van der Waals surface area contributed by atoms with Crippen LogP contribution >= 0.6 is 0 Å². The highest BCUT2D eigenvalue weighted by Gasteiger charge is 2.43. The van der Waals surface area contributed by atoms with Crippen molar-refractivity contribution in [2.24, 2.45) is 11.3 Å². The molecule has 2 rings (SSSR count). The van der Waals surface area contributed by atoms with Gasteiger partial charge < -0.3 is 4.90 Å². The van der Waals surface area contributed by atoms with E-state index in [-0.39, 0.29) is 0 Å². The van der Waals surface area contributed by atoms with Gasteiger partial charge in [0.25, 0.3) is 0 Å². The molecule has 0 amide bonds. The van der Waals surface area contributed by atoms with E-state index in [1.54, 1.807) is 0 Å². The molecule has 0 spiro atoms. The maximum absolute atomic E-state index is 2.69. The summed E-state index contributed by atoms with van der Waals surface area (Å²) in [5.74, 6) is 0.894. The minimum atomic E-state index is 0.762. The molecule has 0 unspecified atom stereocenters. The largest absolute Gasteiger partial charge is 0.303 e. The zero-order chi connectivity index (χ0) is 9.31. The van der Waals surface area contributed by atoms with Crippen LogP contribution in [-0.4, -0.2) is 24.5 Å². The summed E-state index contributed by atoms with van der Waals surface area (Å²) in [5.41, 5.74) is 0.762. The maximum Gasteiger partial charge on any atom is 0.00381 e. The van der Waals surface area contributed by atoms with Gasteiger partial charge in [-0.15, -0.1) is 0 Å². The maximum atomic E-state index is 2.69. The Balaban J connectivity index is 1.79. The molecule has 1 heteroatoms. The molecule has 0 radical (unpaired) electrons. The molecule has 0 aromatic rings. The van der Waals surface area contributed by atoms with Crippen molar-refractivity contribution in [3.63, 3.8) is 0 Å².